The van der Waals surface area contributed by atoms with Crippen LogP contribution in [0.3, 0.4) is 0 Å². The zero-order valence-corrected chi connectivity index (χ0v) is 14.6. The predicted octanol–water partition coefficient (Wildman–Crippen LogP) is 1.87. The maximum absolute atomic E-state index is 12.1. The van der Waals surface area contributed by atoms with Crippen LogP contribution in [-0.2, 0) is 9.53 Å². The van der Waals surface area contributed by atoms with Crippen molar-refractivity contribution < 1.29 is 22.7 Å². The van der Waals surface area contributed by atoms with E-state index in [4.69, 9.17) is 4.74 Å². The largest absolute Gasteiger partial charge is 0.469 e. The maximum Gasteiger partial charge on any atom is 0.390 e. The molecule has 1 heterocycles. The molecule has 5 nitrogen and oxygen atoms in total. The van der Waals surface area contributed by atoms with Crippen molar-refractivity contribution in [1.29, 1.82) is 0 Å². The summed E-state index contributed by atoms with van der Waals surface area (Å²) < 4.78 is 41.0. The highest BCUT2D eigenvalue weighted by Crippen LogP contribution is 2.24. The van der Waals surface area contributed by atoms with Crippen LogP contribution < -0.4 is 5.32 Å². The molecular formula is C12H21F3IN3O2. The summed E-state index contributed by atoms with van der Waals surface area (Å²) in [5.41, 5.74) is 0. The van der Waals surface area contributed by atoms with Gasteiger partial charge in [-0.1, -0.05) is 6.92 Å². The number of hydrogen-bond acceptors (Lipinski definition) is 3. The van der Waals surface area contributed by atoms with Gasteiger partial charge in [0.2, 0.25) is 0 Å². The average molecular weight is 423 g/mol. The molecule has 1 aliphatic rings. The highest BCUT2D eigenvalue weighted by atomic mass is 127. The van der Waals surface area contributed by atoms with Crippen molar-refractivity contribution in [1.82, 2.24) is 10.2 Å². The molecule has 0 bridgehead atoms. The standard InChI is InChI=1S/C12H20F3N3O2.HI/c1-8-6-18(7-9(8)10(19)20-3)11(16-2)17-5-4-12(13,14)15;/h8-9H,4-7H2,1-3H3,(H,16,17);1H. The van der Waals surface area contributed by atoms with Gasteiger partial charge in [-0.3, -0.25) is 9.79 Å². The third-order valence-electron chi connectivity index (χ3n) is 3.32. The molecule has 0 aliphatic carbocycles. The van der Waals surface area contributed by atoms with E-state index in [0.717, 1.165) is 0 Å². The minimum Gasteiger partial charge on any atom is -0.469 e. The van der Waals surface area contributed by atoms with Gasteiger partial charge in [0, 0.05) is 26.7 Å². The lowest BCUT2D eigenvalue weighted by Crippen LogP contribution is -2.41. The topological polar surface area (TPSA) is 53.9 Å². The first-order chi connectivity index (χ1) is 9.28. The number of ether oxygens (including phenoxy) is 1. The molecule has 0 aromatic carbocycles. The van der Waals surface area contributed by atoms with Gasteiger partial charge in [0.15, 0.2) is 5.96 Å². The third kappa shape index (κ3) is 6.27. The van der Waals surface area contributed by atoms with Gasteiger partial charge in [0.05, 0.1) is 19.4 Å². The lowest BCUT2D eigenvalue weighted by molar-refractivity contribution is -0.146. The summed E-state index contributed by atoms with van der Waals surface area (Å²) in [6, 6.07) is 0. The molecule has 2 atom stereocenters. The second-order valence-corrected chi connectivity index (χ2v) is 4.85. The Morgan fingerprint density at radius 3 is 2.52 bits per heavy atom. The van der Waals surface area contributed by atoms with Crippen LogP contribution in [0.2, 0.25) is 0 Å². The molecule has 0 aromatic heterocycles. The molecule has 1 fully saturated rings. The number of methoxy groups -OCH3 is 1. The second-order valence-electron chi connectivity index (χ2n) is 4.85. The summed E-state index contributed by atoms with van der Waals surface area (Å²) in [5.74, 6) is -0.122. The molecule has 1 saturated heterocycles. The fraction of sp³-hybridized carbons (Fsp3) is 0.833. The highest BCUT2D eigenvalue weighted by Gasteiger charge is 2.37. The molecule has 0 radical (unpaired) electrons. The highest BCUT2D eigenvalue weighted by molar-refractivity contribution is 14.0. The number of hydrogen-bond donors (Lipinski definition) is 1. The quantitative estimate of drug-likeness (QED) is 0.326. The minimum absolute atomic E-state index is 0. The van der Waals surface area contributed by atoms with Crippen LogP contribution in [0.5, 0.6) is 0 Å². The number of nitrogens with zero attached hydrogens (tertiary/aromatic N) is 2. The summed E-state index contributed by atoms with van der Waals surface area (Å²) in [5, 5.41) is 2.67. The Morgan fingerprint density at radius 1 is 1.43 bits per heavy atom. The zero-order valence-electron chi connectivity index (χ0n) is 12.2. The Hall–Kier alpha value is -0.740. The number of rotatable bonds is 3. The Bertz CT molecular complexity index is 377. The van der Waals surface area contributed by atoms with Crippen molar-refractivity contribution in [2.75, 3.05) is 33.8 Å². The van der Waals surface area contributed by atoms with Crippen LogP contribution in [0.15, 0.2) is 4.99 Å². The van der Waals surface area contributed by atoms with Crippen molar-refractivity contribution in [3.05, 3.63) is 0 Å². The molecule has 21 heavy (non-hydrogen) atoms. The van der Waals surface area contributed by atoms with Crippen molar-refractivity contribution >= 4 is 35.9 Å². The fourth-order valence-corrected chi connectivity index (χ4v) is 2.25. The first-order valence-corrected chi connectivity index (χ1v) is 6.38. The molecule has 0 aromatic rings. The molecule has 1 aliphatic heterocycles. The van der Waals surface area contributed by atoms with Crippen molar-refractivity contribution in [3.63, 3.8) is 0 Å². The van der Waals surface area contributed by atoms with E-state index in [9.17, 15) is 18.0 Å². The second kappa shape index (κ2) is 8.64. The number of likely N-dealkylation sites (tertiary alicyclic amines) is 1. The van der Waals surface area contributed by atoms with Gasteiger partial charge in [-0.25, -0.2) is 0 Å². The van der Waals surface area contributed by atoms with Gasteiger partial charge in [0.1, 0.15) is 0 Å². The van der Waals surface area contributed by atoms with Crippen molar-refractivity contribution in [2.24, 2.45) is 16.8 Å². The van der Waals surface area contributed by atoms with E-state index in [1.807, 2.05) is 6.92 Å². The molecule has 2 unspecified atom stereocenters. The average Bonchev–Trinajstić information content (AvgIpc) is 2.74. The first-order valence-electron chi connectivity index (χ1n) is 6.38. The van der Waals surface area contributed by atoms with Gasteiger partial charge < -0.3 is 15.0 Å². The number of carbonyl (C=O) groups is 1. The van der Waals surface area contributed by atoms with E-state index < -0.39 is 12.6 Å². The third-order valence-corrected chi connectivity index (χ3v) is 3.32. The van der Waals surface area contributed by atoms with Gasteiger partial charge in [0.25, 0.3) is 0 Å². The summed E-state index contributed by atoms with van der Waals surface area (Å²) >= 11 is 0. The number of halogens is 4. The summed E-state index contributed by atoms with van der Waals surface area (Å²) in [7, 11) is 2.83. The molecule has 9 heteroatoms. The number of carbonyl (C=O) groups excluding carboxylic acids is 1. The monoisotopic (exact) mass is 423 g/mol. The lowest BCUT2D eigenvalue weighted by Gasteiger charge is -2.21. The summed E-state index contributed by atoms with van der Waals surface area (Å²) in [6.45, 7) is 2.64. The Labute approximate surface area is 139 Å². The fourth-order valence-electron chi connectivity index (χ4n) is 2.25. The van der Waals surface area contributed by atoms with E-state index in [1.54, 1.807) is 4.90 Å². The van der Waals surface area contributed by atoms with Gasteiger partial charge in [-0.05, 0) is 5.92 Å². The molecule has 0 saturated carbocycles. The van der Waals surface area contributed by atoms with Crippen LogP contribution in [0.1, 0.15) is 13.3 Å². The van der Waals surface area contributed by atoms with Gasteiger partial charge in [-0.15, -0.1) is 24.0 Å². The number of alkyl halides is 3. The van der Waals surface area contributed by atoms with E-state index >= 15 is 0 Å². The van der Waals surface area contributed by atoms with Crippen molar-refractivity contribution in [2.45, 2.75) is 19.5 Å². The summed E-state index contributed by atoms with van der Waals surface area (Å²) in [6.07, 6.45) is -5.12. The van der Waals surface area contributed by atoms with Crippen LogP contribution in [0.25, 0.3) is 0 Å². The number of aliphatic imine (C=N–C) groups is 1. The SMILES string of the molecule is CN=C(NCCC(F)(F)F)N1CC(C)C(C(=O)OC)C1.I. The predicted molar refractivity (Wildman–Crippen MR) is 83.7 cm³/mol. The molecular weight excluding hydrogens is 402 g/mol. The molecule has 1 N–H and O–H groups in total. The molecule has 0 spiro atoms. The maximum atomic E-state index is 12.1. The number of esters is 1. The van der Waals surface area contributed by atoms with Crippen LogP contribution in [0, 0.1) is 11.8 Å². The van der Waals surface area contributed by atoms with E-state index in [0.29, 0.717) is 19.0 Å². The van der Waals surface area contributed by atoms with E-state index in [-0.39, 0.29) is 48.3 Å². The summed E-state index contributed by atoms with van der Waals surface area (Å²) in [4.78, 5) is 17.3. The van der Waals surface area contributed by atoms with Crippen molar-refractivity contribution in [3.8, 4) is 0 Å². The Kier molecular flexibility index (Phi) is 8.34. The van der Waals surface area contributed by atoms with Crippen LogP contribution in [-0.4, -0.2) is 56.8 Å². The molecule has 0 amide bonds. The first kappa shape index (κ1) is 20.3. The molecule has 124 valence electrons. The normalized spacial score (nSPS) is 22.8. The minimum atomic E-state index is -4.20. The van der Waals surface area contributed by atoms with Gasteiger partial charge >= 0.3 is 12.1 Å². The zero-order chi connectivity index (χ0) is 15.3. The number of nitrogens with one attached hydrogen (secondary N) is 1. The Balaban J connectivity index is 0.00000400. The lowest BCUT2D eigenvalue weighted by atomic mass is 9.99. The number of guanidine groups is 1. The van der Waals surface area contributed by atoms with E-state index in [2.05, 4.69) is 10.3 Å². The van der Waals surface area contributed by atoms with Gasteiger partial charge in [-0.2, -0.15) is 13.2 Å². The smallest absolute Gasteiger partial charge is 0.390 e. The van der Waals surface area contributed by atoms with Crippen LogP contribution >= 0.6 is 24.0 Å². The van der Waals surface area contributed by atoms with E-state index in [1.165, 1.54) is 14.2 Å². The molecule has 1 rings (SSSR count). The Morgan fingerprint density at radius 2 is 2.05 bits per heavy atom. The van der Waals surface area contributed by atoms with Crippen LogP contribution in [0.4, 0.5) is 13.2 Å².